The lowest BCUT2D eigenvalue weighted by Gasteiger charge is -2.27. The van der Waals surface area contributed by atoms with Crippen LogP contribution >= 0.6 is 0 Å². The van der Waals surface area contributed by atoms with Crippen molar-refractivity contribution in [3.05, 3.63) is 35.1 Å². The standard InChI is InChI=1S/C20H27NO3/c1-13-9-15-11-16(24-19(15)10-14(13)2)12-21-18-8-6-4-3-5-7-17(18)20(22)23/h9-11,17-18,21H,3-8,12H2,1-2H3,(H,22,23)/t17-,18+/m0/s1. The van der Waals surface area contributed by atoms with Gasteiger partial charge in [-0.15, -0.1) is 0 Å². The number of benzene rings is 1. The van der Waals surface area contributed by atoms with Crippen molar-refractivity contribution in [1.82, 2.24) is 5.32 Å². The van der Waals surface area contributed by atoms with E-state index < -0.39 is 5.97 Å². The summed E-state index contributed by atoms with van der Waals surface area (Å²) in [6.07, 6.45) is 6.16. The van der Waals surface area contributed by atoms with Crippen LogP contribution in [0.15, 0.2) is 22.6 Å². The molecule has 0 aliphatic heterocycles. The van der Waals surface area contributed by atoms with Crippen molar-refractivity contribution in [1.29, 1.82) is 0 Å². The Bertz CT molecular complexity index is 680. The minimum atomic E-state index is -0.676. The van der Waals surface area contributed by atoms with Crippen molar-refractivity contribution in [2.24, 2.45) is 5.92 Å². The molecule has 1 aromatic heterocycles. The van der Waals surface area contributed by atoms with Gasteiger partial charge in [-0.2, -0.15) is 0 Å². The SMILES string of the molecule is Cc1cc2cc(CN[C@@H]3CCCCCC[C@@H]3C(=O)O)oc2cc1C. The number of carboxylic acid groups (broad SMARTS) is 1. The van der Waals surface area contributed by atoms with E-state index in [-0.39, 0.29) is 12.0 Å². The monoisotopic (exact) mass is 329 g/mol. The van der Waals surface area contributed by atoms with E-state index in [9.17, 15) is 9.90 Å². The first-order valence-electron chi connectivity index (χ1n) is 9.00. The van der Waals surface area contributed by atoms with E-state index in [1.54, 1.807) is 0 Å². The van der Waals surface area contributed by atoms with Crippen molar-refractivity contribution in [2.45, 2.75) is 65.0 Å². The number of aliphatic carboxylic acids is 1. The Hall–Kier alpha value is -1.81. The van der Waals surface area contributed by atoms with Crippen molar-refractivity contribution in [3.63, 3.8) is 0 Å². The van der Waals surface area contributed by atoms with Crippen LogP contribution in [0, 0.1) is 19.8 Å². The Morgan fingerprint density at radius 2 is 1.83 bits per heavy atom. The maximum Gasteiger partial charge on any atom is 0.308 e. The fourth-order valence-electron chi connectivity index (χ4n) is 3.70. The van der Waals surface area contributed by atoms with Crippen LogP contribution < -0.4 is 5.32 Å². The van der Waals surface area contributed by atoms with Crippen molar-refractivity contribution < 1.29 is 14.3 Å². The molecule has 1 aromatic carbocycles. The van der Waals surface area contributed by atoms with E-state index in [1.165, 1.54) is 17.5 Å². The van der Waals surface area contributed by atoms with Crippen LogP contribution in [0.25, 0.3) is 11.0 Å². The Labute approximate surface area is 143 Å². The molecule has 2 N–H and O–H groups in total. The smallest absolute Gasteiger partial charge is 0.308 e. The van der Waals surface area contributed by atoms with Crippen LogP contribution in [0.2, 0.25) is 0 Å². The maximum absolute atomic E-state index is 11.6. The van der Waals surface area contributed by atoms with Gasteiger partial charge >= 0.3 is 5.97 Å². The lowest BCUT2D eigenvalue weighted by atomic mass is 9.87. The van der Waals surface area contributed by atoms with Crippen LogP contribution in [-0.2, 0) is 11.3 Å². The van der Waals surface area contributed by atoms with Gasteiger partial charge in [0.05, 0.1) is 12.5 Å². The highest BCUT2D eigenvalue weighted by molar-refractivity contribution is 5.79. The molecule has 1 saturated carbocycles. The van der Waals surface area contributed by atoms with Gasteiger partial charge < -0.3 is 14.8 Å². The molecule has 1 aliphatic rings. The highest BCUT2D eigenvalue weighted by Gasteiger charge is 2.28. The van der Waals surface area contributed by atoms with Gasteiger partial charge in [0.15, 0.2) is 0 Å². The van der Waals surface area contributed by atoms with Gasteiger partial charge in [0.25, 0.3) is 0 Å². The third-order valence-electron chi connectivity index (χ3n) is 5.31. The summed E-state index contributed by atoms with van der Waals surface area (Å²) in [5.41, 5.74) is 3.39. The number of fused-ring (bicyclic) bond motifs is 1. The summed E-state index contributed by atoms with van der Waals surface area (Å²) >= 11 is 0. The van der Waals surface area contributed by atoms with Gasteiger partial charge in [0.2, 0.25) is 0 Å². The molecule has 130 valence electrons. The number of hydrogen-bond acceptors (Lipinski definition) is 3. The average Bonchev–Trinajstić information content (AvgIpc) is 2.88. The number of nitrogens with one attached hydrogen (secondary N) is 1. The van der Waals surface area contributed by atoms with E-state index in [2.05, 4.69) is 37.4 Å². The van der Waals surface area contributed by atoms with Gasteiger partial charge in [-0.3, -0.25) is 4.79 Å². The molecule has 0 bridgehead atoms. The highest BCUT2D eigenvalue weighted by atomic mass is 16.4. The molecule has 1 fully saturated rings. The van der Waals surface area contributed by atoms with Crippen molar-refractivity contribution in [2.75, 3.05) is 0 Å². The second kappa shape index (κ2) is 7.39. The fourth-order valence-corrected chi connectivity index (χ4v) is 3.70. The van der Waals surface area contributed by atoms with Crippen LogP contribution in [0.3, 0.4) is 0 Å². The quantitative estimate of drug-likeness (QED) is 0.863. The number of rotatable bonds is 4. The van der Waals surface area contributed by atoms with Gasteiger partial charge in [0, 0.05) is 11.4 Å². The lowest BCUT2D eigenvalue weighted by molar-refractivity contribution is -0.143. The molecule has 0 radical (unpaired) electrons. The number of hydrogen-bond donors (Lipinski definition) is 2. The molecule has 0 unspecified atom stereocenters. The largest absolute Gasteiger partial charge is 0.481 e. The molecular formula is C20H27NO3. The number of aryl methyl sites for hydroxylation is 2. The van der Waals surface area contributed by atoms with Crippen molar-refractivity contribution >= 4 is 16.9 Å². The zero-order valence-corrected chi connectivity index (χ0v) is 14.6. The zero-order chi connectivity index (χ0) is 17.1. The first-order valence-corrected chi connectivity index (χ1v) is 9.00. The normalized spacial score (nSPS) is 22.2. The summed E-state index contributed by atoms with van der Waals surface area (Å²) in [6, 6.07) is 6.31. The zero-order valence-electron chi connectivity index (χ0n) is 14.6. The van der Waals surface area contributed by atoms with E-state index in [4.69, 9.17) is 4.42 Å². The molecule has 2 aromatic rings. The number of carbonyl (C=O) groups is 1. The lowest BCUT2D eigenvalue weighted by Crippen LogP contribution is -2.40. The molecule has 0 spiro atoms. The molecular weight excluding hydrogens is 302 g/mol. The third-order valence-corrected chi connectivity index (χ3v) is 5.31. The third kappa shape index (κ3) is 3.81. The Morgan fingerprint density at radius 3 is 2.58 bits per heavy atom. The predicted molar refractivity (Wildman–Crippen MR) is 95.1 cm³/mol. The molecule has 1 heterocycles. The highest BCUT2D eigenvalue weighted by Crippen LogP contribution is 2.26. The second-order valence-electron chi connectivity index (χ2n) is 7.11. The van der Waals surface area contributed by atoms with Crippen LogP contribution in [-0.4, -0.2) is 17.1 Å². The van der Waals surface area contributed by atoms with E-state index in [0.29, 0.717) is 6.54 Å². The summed E-state index contributed by atoms with van der Waals surface area (Å²) in [4.78, 5) is 11.6. The molecule has 24 heavy (non-hydrogen) atoms. The molecule has 2 atom stereocenters. The van der Waals surface area contributed by atoms with E-state index in [0.717, 1.165) is 48.8 Å². The summed E-state index contributed by atoms with van der Waals surface area (Å²) in [6.45, 7) is 4.77. The Morgan fingerprint density at radius 1 is 1.12 bits per heavy atom. The van der Waals surface area contributed by atoms with Crippen LogP contribution in [0.4, 0.5) is 0 Å². The van der Waals surface area contributed by atoms with Gasteiger partial charge in [-0.25, -0.2) is 0 Å². The average molecular weight is 329 g/mol. The summed E-state index contributed by atoms with van der Waals surface area (Å²) in [5, 5.41) is 14.1. The summed E-state index contributed by atoms with van der Waals surface area (Å²) in [5.74, 6) is -0.0920. The molecule has 4 nitrogen and oxygen atoms in total. The Kier molecular flexibility index (Phi) is 5.24. The Balaban J connectivity index is 1.71. The molecule has 1 aliphatic carbocycles. The van der Waals surface area contributed by atoms with Gasteiger partial charge in [-0.05, 0) is 56.0 Å². The molecule has 0 saturated heterocycles. The number of carboxylic acids is 1. The minimum absolute atomic E-state index is 0.0273. The second-order valence-corrected chi connectivity index (χ2v) is 7.11. The van der Waals surface area contributed by atoms with E-state index in [1.807, 2.05) is 0 Å². The summed E-state index contributed by atoms with van der Waals surface area (Å²) in [7, 11) is 0. The molecule has 4 heteroatoms. The minimum Gasteiger partial charge on any atom is -0.481 e. The fraction of sp³-hybridized carbons (Fsp3) is 0.550. The topological polar surface area (TPSA) is 62.5 Å². The van der Waals surface area contributed by atoms with Crippen LogP contribution in [0.1, 0.15) is 55.4 Å². The van der Waals surface area contributed by atoms with Crippen molar-refractivity contribution in [3.8, 4) is 0 Å². The number of furan rings is 1. The first-order chi connectivity index (χ1) is 11.5. The maximum atomic E-state index is 11.6. The van der Waals surface area contributed by atoms with E-state index >= 15 is 0 Å². The predicted octanol–water partition coefficient (Wildman–Crippen LogP) is 4.56. The molecule has 0 amide bonds. The van der Waals surface area contributed by atoms with Gasteiger partial charge in [-0.1, -0.05) is 25.7 Å². The first kappa shape index (κ1) is 17.0. The molecule has 3 rings (SSSR count). The van der Waals surface area contributed by atoms with Crippen LogP contribution in [0.5, 0.6) is 0 Å². The summed E-state index contributed by atoms with van der Waals surface area (Å²) < 4.78 is 5.94. The van der Waals surface area contributed by atoms with Gasteiger partial charge in [0.1, 0.15) is 11.3 Å².